The Hall–Kier alpha value is -2.54. The smallest absolute Gasteiger partial charge is 0.233 e. The summed E-state index contributed by atoms with van der Waals surface area (Å²) in [4.78, 5) is 12.5. The summed E-state index contributed by atoms with van der Waals surface area (Å²) in [6.07, 6.45) is 1.64. The highest BCUT2D eigenvalue weighted by Crippen LogP contribution is 2.27. The average Bonchev–Trinajstić information content (AvgIpc) is 3.25. The van der Waals surface area contributed by atoms with Crippen molar-refractivity contribution in [3.8, 4) is 11.4 Å². The monoisotopic (exact) mass is 384 g/mol. The van der Waals surface area contributed by atoms with E-state index in [0.717, 1.165) is 17.1 Å². The van der Waals surface area contributed by atoms with E-state index in [1.165, 1.54) is 17.3 Å². The molecule has 3 aromatic rings. The molecule has 2 aromatic heterocycles. The molecular weight excluding hydrogens is 360 g/mol. The Kier molecular flexibility index (Phi) is 6.01. The molecule has 1 amide bonds. The van der Waals surface area contributed by atoms with Crippen LogP contribution in [0, 0.1) is 6.92 Å². The number of aromatic nitrogens is 3. The number of nitrogens with one attached hydrogen (secondary N) is 1. The van der Waals surface area contributed by atoms with Crippen LogP contribution >= 0.6 is 11.8 Å². The molecule has 0 bridgehead atoms. The molecule has 6 nitrogen and oxygen atoms in total. The van der Waals surface area contributed by atoms with Gasteiger partial charge in [-0.3, -0.25) is 4.79 Å². The lowest BCUT2D eigenvalue weighted by atomic mass is 10.0. The van der Waals surface area contributed by atoms with Crippen LogP contribution in [0.15, 0.2) is 52.2 Å². The maximum atomic E-state index is 12.5. The molecule has 0 aliphatic heterocycles. The van der Waals surface area contributed by atoms with Crippen molar-refractivity contribution < 1.29 is 9.21 Å². The first-order valence-electron chi connectivity index (χ1n) is 8.90. The van der Waals surface area contributed by atoms with Crippen LogP contribution in [-0.4, -0.2) is 32.5 Å². The Morgan fingerprint density at radius 2 is 1.96 bits per heavy atom. The number of nitrogens with zero attached hydrogens (tertiary/aromatic N) is 3. The molecule has 0 aliphatic carbocycles. The van der Waals surface area contributed by atoms with Gasteiger partial charge < -0.3 is 14.3 Å². The molecule has 0 aliphatic rings. The summed E-state index contributed by atoms with van der Waals surface area (Å²) < 4.78 is 7.23. The fraction of sp³-hybridized carbons (Fsp3) is 0.350. The maximum Gasteiger partial charge on any atom is 0.233 e. The number of aryl methyl sites for hydroxylation is 1. The highest BCUT2D eigenvalue weighted by atomic mass is 32.2. The Morgan fingerprint density at radius 3 is 2.63 bits per heavy atom. The molecule has 0 saturated carbocycles. The lowest BCUT2D eigenvalue weighted by Crippen LogP contribution is -2.33. The zero-order chi connectivity index (χ0) is 19.4. The van der Waals surface area contributed by atoms with Crippen LogP contribution in [0.3, 0.4) is 0 Å². The third-order valence-electron chi connectivity index (χ3n) is 4.54. The summed E-state index contributed by atoms with van der Waals surface area (Å²) in [7, 11) is 1.90. The fourth-order valence-electron chi connectivity index (χ4n) is 2.78. The van der Waals surface area contributed by atoms with Crippen LogP contribution in [0.5, 0.6) is 0 Å². The molecule has 7 heteroatoms. The third-order valence-corrected chi connectivity index (χ3v) is 5.67. The molecule has 2 unspecified atom stereocenters. The van der Waals surface area contributed by atoms with E-state index in [2.05, 4.69) is 34.6 Å². The molecule has 0 saturated heterocycles. The second kappa shape index (κ2) is 8.43. The van der Waals surface area contributed by atoms with Crippen molar-refractivity contribution in [3.63, 3.8) is 0 Å². The zero-order valence-corrected chi connectivity index (χ0v) is 16.8. The first kappa shape index (κ1) is 19.2. The first-order valence-corrected chi connectivity index (χ1v) is 9.78. The van der Waals surface area contributed by atoms with Gasteiger partial charge in [-0.25, -0.2) is 0 Å². The normalized spacial score (nSPS) is 13.3. The molecule has 0 spiro atoms. The predicted octanol–water partition coefficient (Wildman–Crippen LogP) is 3.78. The molecule has 3 rings (SSSR count). The van der Waals surface area contributed by atoms with Crippen LogP contribution < -0.4 is 5.32 Å². The van der Waals surface area contributed by atoms with Crippen LogP contribution in [0.4, 0.5) is 0 Å². The SMILES string of the molecule is Cc1occc1-c1nnc(SC(C)C(=O)NCC(C)c2ccccc2)n1C. The molecule has 27 heavy (non-hydrogen) atoms. The van der Waals surface area contributed by atoms with E-state index in [-0.39, 0.29) is 17.1 Å². The third kappa shape index (κ3) is 4.42. The van der Waals surface area contributed by atoms with E-state index in [0.29, 0.717) is 11.7 Å². The van der Waals surface area contributed by atoms with Gasteiger partial charge in [0.2, 0.25) is 5.91 Å². The summed E-state index contributed by atoms with van der Waals surface area (Å²) in [5, 5.41) is 11.9. The maximum absolute atomic E-state index is 12.5. The molecule has 0 fully saturated rings. The summed E-state index contributed by atoms with van der Waals surface area (Å²) in [6, 6.07) is 12.0. The fourth-order valence-corrected chi connectivity index (χ4v) is 3.62. The number of rotatable bonds is 7. The van der Waals surface area contributed by atoms with E-state index in [4.69, 9.17) is 4.42 Å². The van der Waals surface area contributed by atoms with Crippen molar-refractivity contribution in [3.05, 3.63) is 54.0 Å². The second-order valence-corrected chi connectivity index (χ2v) is 7.88. The van der Waals surface area contributed by atoms with Gasteiger partial charge in [0.25, 0.3) is 0 Å². The quantitative estimate of drug-likeness (QED) is 0.628. The van der Waals surface area contributed by atoms with E-state index in [1.807, 2.05) is 49.7 Å². The Balaban J connectivity index is 1.59. The van der Waals surface area contributed by atoms with Gasteiger partial charge in [0.1, 0.15) is 5.76 Å². The Bertz CT molecular complexity index is 904. The minimum absolute atomic E-state index is 0.00757. The Labute approximate surface area is 163 Å². The largest absolute Gasteiger partial charge is 0.469 e. The molecule has 0 radical (unpaired) electrons. The van der Waals surface area contributed by atoms with Gasteiger partial charge in [0.05, 0.1) is 17.1 Å². The standard InChI is InChI=1S/C20H24N4O2S/c1-13(16-8-6-5-7-9-16)12-21-19(25)15(3)27-20-23-22-18(24(20)4)17-10-11-26-14(17)2/h5-11,13,15H,12H2,1-4H3,(H,21,25). The van der Waals surface area contributed by atoms with Crippen LogP contribution in [0.25, 0.3) is 11.4 Å². The lowest BCUT2D eigenvalue weighted by Gasteiger charge is -2.15. The van der Waals surface area contributed by atoms with Crippen LogP contribution in [-0.2, 0) is 11.8 Å². The molecule has 1 N–H and O–H groups in total. The highest BCUT2D eigenvalue weighted by Gasteiger charge is 2.21. The second-order valence-electron chi connectivity index (χ2n) is 6.57. The van der Waals surface area contributed by atoms with E-state index in [1.54, 1.807) is 6.26 Å². The van der Waals surface area contributed by atoms with Crippen molar-refractivity contribution in [1.82, 2.24) is 20.1 Å². The minimum atomic E-state index is -0.269. The Morgan fingerprint density at radius 1 is 1.22 bits per heavy atom. The zero-order valence-electron chi connectivity index (χ0n) is 16.0. The van der Waals surface area contributed by atoms with Gasteiger partial charge in [0, 0.05) is 13.6 Å². The molecule has 142 valence electrons. The van der Waals surface area contributed by atoms with Gasteiger partial charge in [-0.2, -0.15) is 0 Å². The molecule has 1 aromatic carbocycles. The van der Waals surface area contributed by atoms with Crippen LogP contribution in [0.2, 0.25) is 0 Å². The van der Waals surface area contributed by atoms with Gasteiger partial charge >= 0.3 is 0 Å². The number of benzene rings is 1. The molecule has 2 heterocycles. The first-order chi connectivity index (χ1) is 13.0. The lowest BCUT2D eigenvalue weighted by molar-refractivity contribution is -0.120. The van der Waals surface area contributed by atoms with Gasteiger partial charge in [-0.15, -0.1) is 10.2 Å². The number of furan rings is 1. The predicted molar refractivity (Wildman–Crippen MR) is 107 cm³/mol. The van der Waals surface area contributed by atoms with E-state index >= 15 is 0 Å². The number of hydrogen-bond donors (Lipinski definition) is 1. The van der Waals surface area contributed by atoms with Crippen molar-refractivity contribution in [2.45, 2.75) is 37.1 Å². The van der Waals surface area contributed by atoms with E-state index < -0.39 is 0 Å². The van der Waals surface area contributed by atoms with Crippen molar-refractivity contribution in [2.75, 3.05) is 6.54 Å². The summed E-state index contributed by atoms with van der Waals surface area (Å²) in [6.45, 7) is 6.48. The average molecular weight is 385 g/mol. The number of hydrogen-bond acceptors (Lipinski definition) is 5. The topological polar surface area (TPSA) is 72.9 Å². The van der Waals surface area contributed by atoms with E-state index in [9.17, 15) is 4.79 Å². The van der Waals surface area contributed by atoms with Crippen molar-refractivity contribution >= 4 is 17.7 Å². The number of carbonyl (C=O) groups is 1. The van der Waals surface area contributed by atoms with Gasteiger partial charge in [0.15, 0.2) is 11.0 Å². The van der Waals surface area contributed by atoms with Crippen molar-refractivity contribution in [2.24, 2.45) is 7.05 Å². The summed E-state index contributed by atoms with van der Waals surface area (Å²) in [5.41, 5.74) is 2.12. The molecular formula is C20H24N4O2S. The summed E-state index contributed by atoms with van der Waals surface area (Å²) in [5.74, 6) is 1.78. The highest BCUT2D eigenvalue weighted by molar-refractivity contribution is 8.00. The van der Waals surface area contributed by atoms with Gasteiger partial charge in [-0.05, 0) is 31.4 Å². The number of carbonyl (C=O) groups excluding carboxylic acids is 1. The van der Waals surface area contributed by atoms with Crippen LogP contribution in [0.1, 0.15) is 31.1 Å². The van der Waals surface area contributed by atoms with Crippen molar-refractivity contribution in [1.29, 1.82) is 0 Å². The molecule has 2 atom stereocenters. The minimum Gasteiger partial charge on any atom is -0.469 e. The number of thioether (sulfide) groups is 1. The summed E-state index contributed by atoms with van der Waals surface area (Å²) >= 11 is 1.40. The van der Waals surface area contributed by atoms with Gasteiger partial charge in [-0.1, -0.05) is 49.0 Å². The number of amides is 1.